The van der Waals surface area contributed by atoms with Gasteiger partial charge in [0.15, 0.2) is 11.6 Å². The normalized spacial score (nSPS) is 10.8. The summed E-state index contributed by atoms with van der Waals surface area (Å²) in [6.45, 7) is 0. The summed E-state index contributed by atoms with van der Waals surface area (Å²) >= 11 is 0. The third-order valence-electron chi connectivity index (χ3n) is 5.07. The number of nitrogens with zero attached hydrogens (tertiary/aromatic N) is 2. The van der Waals surface area contributed by atoms with Crippen molar-refractivity contribution in [2.45, 2.75) is 0 Å². The van der Waals surface area contributed by atoms with Crippen molar-refractivity contribution in [2.75, 3.05) is 10.6 Å². The molecule has 0 saturated carbocycles. The number of H-pyrrole nitrogens is 1. The Balaban J connectivity index is 1.35. The molecule has 0 aliphatic heterocycles. The molecule has 0 radical (unpaired) electrons. The molecule has 0 fully saturated rings. The van der Waals surface area contributed by atoms with Crippen LogP contribution < -0.4 is 15.4 Å². The monoisotopic (exact) mass is 475 g/mol. The van der Waals surface area contributed by atoms with Gasteiger partial charge in [0, 0.05) is 36.4 Å². The lowest BCUT2D eigenvalue weighted by molar-refractivity contribution is 0.102. The summed E-state index contributed by atoms with van der Waals surface area (Å²) in [4.78, 5) is 24.0. The summed E-state index contributed by atoms with van der Waals surface area (Å²) in [5, 5.41) is 5.97. The number of amides is 1. The molecule has 3 N–H and O–H groups in total. The summed E-state index contributed by atoms with van der Waals surface area (Å²) < 4.78 is 47.6. The molecule has 2 aromatic carbocycles. The van der Waals surface area contributed by atoms with Crippen molar-refractivity contribution in [2.24, 2.45) is 0 Å². The number of aromatic nitrogens is 3. The number of aromatic amines is 1. The predicted octanol–water partition coefficient (Wildman–Crippen LogP) is 6.16. The number of rotatable bonds is 6. The van der Waals surface area contributed by atoms with Crippen LogP contribution in [-0.2, 0) is 0 Å². The fraction of sp³-hybridized carbons (Fsp3) is 0. The first-order valence-corrected chi connectivity index (χ1v) is 10.4. The third-order valence-corrected chi connectivity index (χ3v) is 5.07. The quantitative estimate of drug-likeness (QED) is 0.273. The van der Waals surface area contributed by atoms with Gasteiger partial charge in [-0.1, -0.05) is 0 Å². The van der Waals surface area contributed by atoms with E-state index in [1.807, 2.05) is 0 Å². The number of nitrogens with one attached hydrogen (secondary N) is 3. The zero-order valence-electron chi connectivity index (χ0n) is 17.9. The van der Waals surface area contributed by atoms with E-state index in [0.717, 1.165) is 12.1 Å². The van der Waals surface area contributed by atoms with E-state index >= 15 is 0 Å². The first kappa shape index (κ1) is 22.0. The Hall–Kier alpha value is -4.86. The molecule has 0 spiro atoms. The summed E-state index contributed by atoms with van der Waals surface area (Å²) in [6, 6.07) is 13.4. The fourth-order valence-corrected chi connectivity index (χ4v) is 3.41. The van der Waals surface area contributed by atoms with E-state index in [9.17, 15) is 18.0 Å². The molecule has 174 valence electrons. The van der Waals surface area contributed by atoms with Gasteiger partial charge in [0.05, 0.1) is 16.6 Å². The SMILES string of the molecule is O=C(Nc1ccc(F)cc1F)c1cccnc1Nc1ccc(Oc2ccnc3[nH]ccc23)c(F)c1. The molecular formula is C25H16F3N5O2. The molecule has 0 aliphatic rings. The van der Waals surface area contributed by atoms with Crippen molar-refractivity contribution in [3.63, 3.8) is 0 Å². The minimum atomic E-state index is -0.916. The van der Waals surface area contributed by atoms with Crippen LogP contribution in [0, 0.1) is 17.5 Å². The van der Waals surface area contributed by atoms with E-state index < -0.39 is 23.4 Å². The fourth-order valence-electron chi connectivity index (χ4n) is 3.41. The van der Waals surface area contributed by atoms with E-state index in [-0.39, 0.29) is 22.8 Å². The molecule has 5 rings (SSSR count). The van der Waals surface area contributed by atoms with E-state index in [2.05, 4.69) is 25.6 Å². The van der Waals surface area contributed by atoms with Crippen LogP contribution in [0.2, 0.25) is 0 Å². The number of carbonyl (C=O) groups is 1. The molecule has 0 atom stereocenters. The summed E-state index contributed by atoms with van der Waals surface area (Å²) in [6.07, 6.45) is 4.70. The maximum absolute atomic E-state index is 14.8. The molecule has 0 aliphatic carbocycles. The maximum Gasteiger partial charge on any atom is 0.259 e. The lowest BCUT2D eigenvalue weighted by atomic mass is 10.2. The van der Waals surface area contributed by atoms with Crippen LogP contribution in [0.15, 0.2) is 79.3 Å². The lowest BCUT2D eigenvalue weighted by Crippen LogP contribution is -2.15. The van der Waals surface area contributed by atoms with Gasteiger partial charge in [0.1, 0.15) is 28.8 Å². The van der Waals surface area contributed by atoms with Crippen LogP contribution in [0.3, 0.4) is 0 Å². The zero-order valence-corrected chi connectivity index (χ0v) is 17.9. The van der Waals surface area contributed by atoms with Gasteiger partial charge in [0.25, 0.3) is 5.91 Å². The van der Waals surface area contributed by atoms with Crippen molar-refractivity contribution in [3.8, 4) is 11.5 Å². The molecule has 1 amide bonds. The number of fused-ring (bicyclic) bond motifs is 1. The van der Waals surface area contributed by atoms with Gasteiger partial charge < -0.3 is 20.4 Å². The average Bonchev–Trinajstić information content (AvgIpc) is 3.33. The Labute approximate surface area is 196 Å². The second kappa shape index (κ2) is 9.18. The summed E-state index contributed by atoms with van der Waals surface area (Å²) in [7, 11) is 0. The number of hydrogen-bond acceptors (Lipinski definition) is 5. The second-order valence-corrected chi connectivity index (χ2v) is 7.40. The van der Waals surface area contributed by atoms with Gasteiger partial charge in [-0.05, 0) is 48.5 Å². The molecule has 5 aromatic rings. The number of carbonyl (C=O) groups excluding carboxylic acids is 1. The molecule has 0 unspecified atom stereocenters. The minimum Gasteiger partial charge on any atom is -0.453 e. The highest BCUT2D eigenvalue weighted by Gasteiger charge is 2.16. The van der Waals surface area contributed by atoms with Crippen LogP contribution in [0.5, 0.6) is 11.5 Å². The highest BCUT2D eigenvalue weighted by Crippen LogP contribution is 2.32. The number of ether oxygens (including phenoxy) is 1. The Morgan fingerprint density at radius 1 is 0.886 bits per heavy atom. The van der Waals surface area contributed by atoms with Gasteiger partial charge in [0.2, 0.25) is 0 Å². The Bertz CT molecular complexity index is 1550. The highest BCUT2D eigenvalue weighted by molar-refractivity contribution is 6.07. The molecule has 7 nitrogen and oxygen atoms in total. The van der Waals surface area contributed by atoms with Crippen LogP contribution in [-0.4, -0.2) is 20.9 Å². The van der Waals surface area contributed by atoms with E-state index in [1.165, 1.54) is 30.5 Å². The van der Waals surface area contributed by atoms with Gasteiger partial charge in [-0.2, -0.15) is 0 Å². The molecular weight excluding hydrogens is 459 g/mol. The minimum absolute atomic E-state index is 0.00461. The Kier molecular flexibility index (Phi) is 5.76. The number of hydrogen-bond donors (Lipinski definition) is 3. The van der Waals surface area contributed by atoms with Crippen molar-refractivity contribution >= 4 is 34.1 Å². The lowest BCUT2D eigenvalue weighted by Gasteiger charge is -2.13. The van der Waals surface area contributed by atoms with Crippen molar-refractivity contribution in [3.05, 3.63) is 102 Å². The zero-order chi connectivity index (χ0) is 24.4. The van der Waals surface area contributed by atoms with Crippen LogP contribution in [0.4, 0.5) is 30.4 Å². The first-order chi connectivity index (χ1) is 17.0. The molecule has 10 heteroatoms. The Morgan fingerprint density at radius 2 is 1.77 bits per heavy atom. The summed E-state index contributed by atoms with van der Waals surface area (Å²) in [5.41, 5.74) is 0.801. The van der Waals surface area contributed by atoms with Gasteiger partial charge in [-0.3, -0.25) is 4.79 Å². The topological polar surface area (TPSA) is 91.9 Å². The second-order valence-electron chi connectivity index (χ2n) is 7.40. The number of benzene rings is 2. The smallest absolute Gasteiger partial charge is 0.259 e. The van der Waals surface area contributed by atoms with Gasteiger partial charge in [-0.15, -0.1) is 0 Å². The van der Waals surface area contributed by atoms with Gasteiger partial charge >= 0.3 is 0 Å². The predicted molar refractivity (Wildman–Crippen MR) is 124 cm³/mol. The van der Waals surface area contributed by atoms with Gasteiger partial charge in [-0.25, -0.2) is 23.1 Å². The van der Waals surface area contributed by atoms with Crippen molar-refractivity contribution in [1.29, 1.82) is 0 Å². The third kappa shape index (κ3) is 4.62. The number of pyridine rings is 2. The number of halogens is 3. The van der Waals surface area contributed by atoms with Crippen molar-refractivity contribution < 1.29 is 22.7 Å². The molecule has 0 bridgehead atoms. The van der Waals surface area contributed by atoms with Crippen LogP contribution >= 0.6 is 0 Å². The highest BCUT2D eigenvalue weighted by atomic mass is 19.1. The first-order valence-electron chi connectivity index (χ1n) is 10.4. The van der Waals surface area contributed by atoms with Crippen LogP contribution in [0.25, 0.3) is 11.0 Å². The average molecular weight is 475 g/mol. The van der Waals surface area contributed by atoms with Crippen molar-refractivity contribution in [1.82, 2.24) is 15.0 Å². The van der Waals surface area contributed by atoms with E-state index in [4.69, 9.17) is 4.74 Å². The van der Waals surface area contributed by atoms with E-state index in [1.54, 1.807) is 30.6 Å². The van der Waals surface area contributed by atoms with Crippen LogP contribution in [0.1, 0.15) is 10.4 Å². The number of anilines is 3. The molecule has 3 aromatic heterocycles. The largest absolute Gasteiger partial charge is 0.453 e. The molecule has 0 saturated heterocycles. The summed E-state index contributed by atoms with van der Waals surface area (Å²) in [5.74, 6) is -2.46. The maximum atomic E-state index is 14.8. The van der Waals surface area contributed by atoms with E-state index in [0.29, 0.717) is 28.5 Å². The Morgan fingerprint density at radius 3 is 2.60 bits per heavy atom. The standard InChI is InChI=1S/C25H16F3N5O2/c26-14-3-5-20(18(27)12-14)33-25(34)17-2-1-9-29-24(17)32-15-4-6-22(19(28)13-15)35-21-8-11-31-23-16(21)7-10-30-23/h1-13H,(H,29,32)(H,30,31)(H,33,34). The molecule has 35 heavy (non-hydrogen) atoms. The molecule has 3 heterocycles.